The molecule has 0 radical (unpaired) electrons. The number of aromatic nitrogens is 2. The number of hydrogen-bond donors (Lipinski definition) is 1. The van der Waals surface area contributed by atoms with E-state index in [9.17, 15) is 4.79 Å². The number of hydrogen-bond acceptors (Lipinski definition) is 3. The average molecular weight is 201 g/mol. The van der Waals surface area contributed by atoms with Crippen LogP contribution in [0.1, 0.15) is 16.1 Å². The van der Waals surface area contributed by atoms with E-state index in [0.717, 1.165) is 0 Å². The maximum absolute atomic E-state index is 10.8. The molecule has 2 rings (SSSR count). The van der Waals surface area contributed by atoms with E-state index >= 15 is 0 Å². The predicted octanol–water partition coefficient (Wildman–Crippen LogP) is 1.14. The van der Waals surface area contributed by atoms with Crippen LogP contribution in [0.4, 0.5) is 0 Å². The Balaban J connectivity index is 2.82. The lowest BCUT2D eigenvalue weighted by atomic mass is 10.1. The van der Waals surface area contributed by atoms with Crippen LogP contribution in [0.25, 0.3) is 10.9 Å². The highest BCUT2D eigenvalue weighted by atomic mass is 16.4. The molecule has 0 bridgehead atoms. The third-order valence-corrected chi connectivity index (χ3v) is 2.18. The second-order valence-electron chi connectivity index (χ2n) is 3.12. The van der Waals surface area contributed by atoms with Gasteiger partial charge in [-0.05, 0) is 18.2 Å². The fourth-order valence-electron chi connectivity index (χ4n) is 1.48. The molecule has 1 aromatic heterocycles. The van der Waals surface area contributed by atoms with Gasteiger partial charge >= 0.3 is 5.97 Å². The summed E-state index contributed by atoms with van der Waals surface area (Å²) < 4.78 is 1.46. The van der Waals surface area contributed by atoms with Crippen LogP contribution in [-0.2, 0) is 7.05 Å². The van der Waals surface area contributed by atoms with Crippen LogP contribution >= 0.6 is 0 Å². The van der Waals surface area contributed by atoms with Gasteiger partial charge < -0.3 is 5.11 Å². The molecular formula is C10H7N3O2. The molecule has 1 N–H and O–H groups in total. The smallest absolute Gasteiger partial charge is 0.357 e. The molecule has 0 aliphatic heterocycles. The predicted molar refractivity (Wildman–Crippen MR) is 52.4 cm³/mol. The Kier molecular flexibility index (Phi) is 1.90. The van der Waals surface area contributed by atoms with Crippen LogP contribution < -0.4 is 0 Å². The van der Waals surface area contributed by atoms with Gasteiger partial charge in [0.1, 0.15) is 0 Å². The average Bonchev–Trinajstić information content (AvgIpc) is 2.56. The molecule has 0 saturated heterocycles. The van der Waals surface area contributed by atoms with E-state index < -0.39 is 5.97 Å². The maximum atomic E-state index is 10.8. The third kappa shape index (κ3) is 1.32. The Morgan fingerprint density at radius 3 is 2.93 bits per heavy atom. The fraction of sp³-hybridized carbons (Fsp3) is 0.100. The number of carbonyl (C=O) groups is 1. The molecule has 0 saturated carbocycles. The van der Waals surface area contributed by atoms with Crippen molar-refractivity contribution < 1.29 is 9.90 Å². The van der Waals surface area contributed by atoms with E-state index in [4.69, 9.17) is 10.4 Å². The van der Waals surface area contributed by atoms with Crippen molar-refractivity contribution in [2.75, 3.05) is 0 Å². The molecule has 5 heteroatoms. The minimum Gasteiger partial charge on any atom is -0.476 e. The number of nitrogens with zero attached hydrogens (tertiary/aromatic N) is 3. The SMILES string of the molecule is Cn1nc(C(=O)O)c2ccc(C#N)cc21. The summed E-state index contributed by atoms with van der Waals surface area (Å²) in [4.78, 5) is 10.8. The van der Waals surface area contributed by atoms with Crippen molar-refractivity contribution in [1.29, 1.82) is 5.26 Å². The van der Waals surface area contributed by atoms with Crippen LogP contribution in [0, 0.1) is 11.3 Å². The van der Waals surface area contributed by atoms with Crippen LogP contribution in [0.3, 0.4) is 0 Å². The molecule has 0 amide bonds. The molecule has 15 heavy (non-hydrogen) atoms. The van der Waals surface area contributed by atoms with Gasteiger partial charge in [-0.1, -0.05) is 0 Å². The minimum atomic E-state index is -1.06. The van der Waals surface area contributed by atoms with Gasteiger partial charge in [0, 0.05) is 12.4 Å². The molecular weight excluding hydrogens is 194 g/mol. The van der Waals surface area contributed by atoms with Crippen molar-refractivity contribution in [3.8, 4) is 6.07 Å². The number of carboxylic acids is 1. The van der Waals surface area contributed by atoms with Crippen LogP contribution in [0.5, 0.6) is 0 Å². The summed E-state index contributed by atoms with van der Waals surface area (Å²) in [6, 6.07) is 6.80. The van der Waals surface area contributed by atoms with Crippen molar-refractivity contribution >= 4 is 16.9 Å². The van der Waals surface area contributed by atoms with E-state index in [1.807, 2.05) is 6.07 Å². The quantitative estimate of drug-likeness (QED) is 0.750. The topological polar surface area (TPSA) is 78.9 Å². The van der Waals surface area contributed by atoms with Gasteiger partial charge in [-0.15, -0.1) is 0 Å². The highest BCUT2D eigenvalue weighted by Gasteiger charge is 2.14. The number of nitriles is 1. The maximum Gasteiger partial charge on any atom is 0.357 e. The summed E-state index contributed by atoms with van der Waals surface area (Å²) in [6.45, 7) is 0. The van der Waals surface area contributed by atoms with Crippen molar-refractivity contribution in [2.24, 2.45) is 7.05 Å². The molecule has 2 aromatic rings. The number of fused-ring (bicyclic) bond motifs is 1. The summed E-state index contributed by atoms with van der Waals surface area (Å²) in [5.41, 5.74) is 1.14. The lowest BCUT2D eigenvalue weighted by Gasteiger charge is -1.93. The molecule has 1 aromatic carbocycles. The molecule has 0 unspecified atom stereocenters. The highest BCUT2D eigenvalue weighted by molar-refractivity contribution is 6.01. The number of aryl methyl sites for hydroxylation is 1. The minimum absolute atomic E-state index is 0.0111. The third-order valence-electron chi connectivity index (χ3n) is 2.18. The molecule has 5 nitrogen and oxygen atoms in total. The summed E-state index contributed by atoms with van der Waals surface area (Å²) >= 11 is 0. The van der Waals surface area contributed by atoms with Crippen molar-refractivity contribution in [3.63, 3.8) is 0 Å². The zero-order valence-electron chi connectivity index (χ0n) is 7.93. The molecule has 1 heterocycles. The number of benzene rings is 1. The Morgan fingerprint density at radius 2 is 2.33 bits per heavy atom. The lowest BCUT2D eigenvalue weighted by Crippen LogP contribution is -1.99. The Bertz CT molecular complexity index is 592. The monoisotopic (exact) mass is 201 g/mol. The van der Waals surface area contributed by atoms with Crippen molar-refractivity contribution in [2.45, 2.75) is 0 Å². The second-order valence-corrected chi connectivity index (χ2v) is 3.12. The molecule has 0 aliphatic carbocycles. The molecule has 0 spiro atoms. The number of carboxylic acid groups (broad SMARTS) is 1. The zero-order valence-corrected chi connectivity index (χ0v) is 7.93. The summed E-state index contributed by atoms with van der Waals surface area (Å²) in [5, 5.41) is 22.0. The van der Waals surface area contributed by atoms with E-state index in [0.29, 0.717) is 16.5 Å². The van der Waals surface area contributed by atoms with Gasteiger partial charge in [-0.3, -0.25) is 4.68 Å². The number of aromatic carboxylic acids is 1. The first-order chi connectivity index (χ1) is 7.13. The zero-order chi connectivity index (χ0) is 11.0. The van der Waals surface area contributed by atoms with Crippen LogP contribution in [-0.4, -0.2) is 20.9 Å². The fourth-order valence-corrected chi connectivity index (χ4v) is 1.48. The Morgan fingerprint density at radius 1 is 1.60 bits per heavy atom. The van der Waals surface area contributed by atoms with Crippen LogP contribution in [0.15, 0.2) is 18.2 Å². The Hall–Kier alpha value is -2.35. The van der Waals surface area contributed by atoms with Crippen LogP contribution in [0.2, 0.25) is 0 Å². The molecule has 0 fully saturated rings. The van der Waals surface area contributed by atoms with Gasteiger partial charge in [0.15, 0.2) is 5.69 Å². The lowest BCUT2D eigenvalue weighted by molar-refractivity contribution is 0.0691. The summed E-state index contributed by atoms with van der Waals surface area (Å²) in [6.07, 6.45) is 0. The van der Waals surface area contributed by atoms with Gasteiger partial charge in [0.05, 0.1) is 17.1 Å². The highest BCUT2D eigenvalue weighted by Crippen LogP contribution is 2.19. The van der Waals surface area contributed by atoms with Crippen molar-refractivity contribution in [3.05, 3.63) is 29.5 Å². The van der Waals surface area contributed by atoms with E-state index in [2.05, 4.69) is 5.10 Å². The molecule has 74 valence electrons. The van der Waals surface area contributed by atoms with Gasteiger partial charge in [0.25, 0.3) is 0 Å². The summed E-state index contributed by atoms with van der Waals surface area (Å²) in [7, 11) is 1.65. The molecule has 0 atom stereocenters. The summed E-state index contributed by atoms with van der Waals surface area (Å²) in [5.74, 6) is -1.06. The normalized spacial score (nSPS) is 10.1. The largest absolute Gasteiger partial charge is 0.476 e. The first-order valence-corrected chi connectivity index (χ1v) is 4.23. The Labute approximate surface area is 85.2 Å². The standard InChI is InChI=1S/C10H7N3O2/c1-13-8-4-6(5-11)2-3-7(8)9(12-13)10(14)15/h2-4H,1H3,(H,14,15). The van der Waals surface area contributed by atoms with E-state index in [-0.39, 0.29) is 5.69 Å². The van der Waals surface area contributed by atoms with E-state index in [1.54, 1.807) is 25.2 Å². The van der Waals surface area contributed by atoms with Crippen molar-refractivity contribution in [1.82, 2.24) is 9.78 Å². The second kappa shape index (κ2) is 3.10. The van der Waals surface area contributed by atoms with Gasteiger partial charge in [0.2, 0.25) is 0 Å². The van der Waals surface area contributed by atoms with E-state index in [1.165, 1.54) is 4.68 Å². The molecule has 0 aliphatic rings. The van der Waals surface area contributed by atoms with Gasteiger partial charge in [-0.2, -0.15) is 10.4 Å². The first-order valence-electron chi connectivity index (χ1n) is 4.23. The first kappa shape index (κ1) is 9.21. The number of rotatable bonds is 1. The van der Waals surface area contributed by atoms with Gasteiger partial charge in [-0.25, -0.2) is 4.79 Å².